The summed E-state index contributed by atoms with van der Waals surface area (Å²) in [5, 5.41) is 19.0. The number of nitrogens with zero attached hydrogens (tertiary/aromatic N) is 2. The topological polar surface area (TPSA) is 108 Å². The summed E-state index contributed by atoms with van der Waals surface area (Å²) in [7, 11) is 1.29. The van der Waals surface area contributed by atoms with Gasteiger partial charge in [0, 0.05) is 12.3 Å². The van der Waals surface area contributed by atoms with Gasteiger partial charge < -0.3 is 14.6 Å². The van der Waals surface area contributed by atoms with Crippen molar-refractivity contribution in [2.24, 2.45) is 0 Å². The van der Waals surface area contributed by atoms with Crippen LogP contribution in [0.3, 0.4) is 0 Å². The van der Waals surface area contributed by atoms with Gasteiger partial charge in [-0.15, -0.1) is 11.3 Å². The van der Waals surface area contributed by atoms with E-state index in [1.165, 1.54) is 37.6 Å². The van der Waals surface area contributed by atoms with Crippen LogP contribution in [-0.4, -0.2) is 23.2 Å². The van der Waals surface area contributed by atoms with Crippen molar-refractivity contribution >= 4 is 34.8 Å². The summed E-state index contributed by atoms with van der Waals surface area (Å²) < 4.78 is 9.51. The molecule has 0 saturated heterocycles. The van der Waals surface area contributed by atoms with Gasteiger partial charge in [0.05, 0.1) is 17.7 Å². The molecule has 0 bridgehead atoms. The molecule has 1 N–H and O–H groups in total. The Kier molecular flexibility index (Phi) is 4.33. The molecule has 2 rings (SSSR count). The Morgan fingerprint density at radius 2 is 2.38 bits per heavy atom. The van der Waals surface area contributed by atoms with Crippen LogP contribution in [0.2, 0.25) is 0 Å². The zero-order valence-electron chi connectivity index (χ0n) is 11.2. The summed E-state index contributed by atoms with van der Waals surface area (Å²) in [6, 6.07) is 1.70. The molecular formula is C12H11N3O5S. The van der Waals surface area contributed by atoms with Crippen LogP contribution in [0, 0.1) is 17.0 Å². The molecular weight excluding hydrogens is 298 g/mol. The van der Waals surface area contributed by atoms with Crippen LogP contribution < -0.4 is 5.32 Å². The zero-order chi connectivity index (χ0) is 15.4. The molecule has 0 saturated carbocycles. The lowest BCUT2D eigenvalue weighted by Gasteiger charge is -2.00. The molecule has 0 aliphatic rings. The number of thiophene rings is 1. The molecule has 0 aliphatic carbocycles. The van der Waals surface area contributed by atoms with E-state index in [9.17, 15) is 14.9 Å². The molecule has 2 heterocycles. The molecule has 0 amide bonds. The lowest BCUT2D eigenvalue weighted by atomic mass is 10.3. The summed E-state index contributed by atoms with van der Waals surface area (Å²) in [6.07, 6.45) is 2.80. The lowest BCUT2D eigenvalue weighted by Crippen LogP contribution is -2.01. The molecule has 0 aliphatic heterocycles. The van der Waals surface area contributed by atoms with Gasteiger partial charge in [0.2, 0.25) is 5.76 Å². The third-order valence-corrected chi connectivity index (χ3v) is 3.44. The van der Waals surface area contributed by atoms with E-state index in [1.54, 1.807) is 11.4 Å². The summed E-state index contributed by atoms with van der Waals surface area (Å²) in [4.78, 5) is 22.2. The van der Waals surface area contributed by atoms with Crippen molar-refractivity contribution in [3.05, 3.63) is 44.1 Å². The first-order valence-electron chi connectivity index (χ1n) is 5.74. The van der Waals surface area contributed by atoms with Crippen LogP contribution >= 0.6 is 11.3 Å². The number of methoxy groups -OCH3 is 1. The van der Waals surface area contributed by atoms with Gasteiger partial charge in [-0.05, 0) is 18.4 Å². The Bertz CT molecular complexity index is 704. The predicted molar refractivity (Wildman–Crippen MR) is 76.2 cm³/mol. The maximum Gasteiger partial charge on any atom is 0.350 e. The average molecular weight is 309 g/mol. The van der Waals surface area contributed by atoms with E-state index in [2.05, 4.69) is 15.2 Å². The summed E-state index contributed by atoms with van der Waals surface area (Å²) >= 11 is 1.23. The Hall–Kier alpha value is -2.68. The van der Waals surface area contributed by atoms with Gasteiger partial charge in [0.15, 0.2) is 5.69 Å². The molecule has 2 aromatic heterocycles. The predicted octanol–water partition coefficient (Wildman–Crippen LogP) is 2.82. The van der Waals surface area contributed by atoms with E-state index >= 15 is 0 Å². The third kappa shape index (κ3) is 3.08. The van der Waals surface area contributed by atoms with Gasteiger partial charge >= 0.3 is 11.7 Å². The number of carbonyl (C=O) groups excluding carboxylic acids is 1. The van der Waals surface area contributed by atoms with E-state index in [4.69, 9.17) is 4.52 Å². The van der Waals surface area contributed by atoms with Crippen LogP contribution in [0.15, 0.2) is 22.2 Å². The van der Waals surface area contributed by atoms with Crippen molar-refractivity contribution in [1.82, 2.24) is 5.16 Å². The molecule has 9 heteroatoms. The first-order chi connectivity index (χ1) is 10.0. The molecule has 0 unspecified atom stereocenters. The minimum Gasteiger partial charge on any atom is -0.465 e. The fourth-order valence-electron chi connectivity index (χ4n) is 1.59. The Morgan fingerprint density at radius 1 is 1.62 bits per heavy atom. The number of carbonyl (C=O) groups is 1. The highest BCUT2D eigenvalue weighted by atomic mass is 32.1. The quantitative estimate of drug-likeness (QED) is 0.514. The third-order valence-electron chi connectivity index (χ3n) is 2.55. The van der Waals surface area contributed by atoms with Crippen molar-refractivity contribution in [3.63, 3.8) is 0 Å². The molecule has 110 valence electrons. The van der Waals surface area contributed by atoms with Crippen LogP contribution in [-0.2, 0) is 4.74 Å². The minimum absolute atomic E-state index is 0.0276. The highest BCUT2D eigenvalue weighted by Crippen LogP contribution is 2.25. The number of aromatic nitrogens is 1. The second kappa shape index (κ2) is 6.18. The van der Waals surface area contributed by atoms with Crippen molar-refractivity contribution in [3.8, 4) is 0 Å². The lowest BCUT2D eigenvalue weighted by molar-refractivity contribution is -0.386. The van der Waals surface area contributed by atoms with E-state index < -0.39 is 10.9 Å². The van der Waals surface area contributed by atoms with Gasteiger partial charge in [-0.3, -0.25) is 10.1 Å². The van der Waals surface area contributed by atoms with Gasteiger partial charge in [-0.25, -0.2) is 4.79 Å². The smallest absolute Gasteiger partial charge is 0.350 e. The second-order valence-electron chi connectivity index (χ2n) is 3.87. The molecule has 0 atom stereocenters. The number of aryl methyl sites for hydroxylation is 1. The molecule has 0 spiro atoms. The Morgan fingerprint density at radius 3 is 3.05 bits per heavy atom. The average Bonchev–Trinajstić information content (AvgIpc) is 3.05. The van der Waals surface area contributed by atoms with Crippen molar-refractivity contribution in [1.29, 1.82) is 0 Å². The number of rotatable bonds is 5. The summed E-state index contributed by atoms with van der Waals surface area (Å²) in [5.74, 6) is -0.428. The first-order valence-corrected chi connectivity index (χ1v) is 6.62. The molecule has 0 fully saturated rings. The number of hydrogen-bond acceptors (Lipinski definition) is 8. The van der Waals surface area contributed by atoms with Gasteiger partial charge in [0.25, 0.3) is 0 Å². The number of anilines is 1. The maximum atomic E-state index is 11.5. The van der Waals surface area contributed by atoms with E-state index in [1.807, 2.05) is 0 Å². The fourth-order valence-corrected chi connectivity index (χ4v) is 2.37. The van der Waals surface area contributed by atoms with E-state index in [0.717, 1.165) is 0 Å². The molecule has 2 aromatic rings. The standard InChI is InChI=1S/C12H11N3O5S/c1-7-10(15(17)18)9(20-14-7)3-5-13-8-4-6-21-11(8)12(16)19-2/h3-6,13H,1-2H3/b5-3+. The Labute approximate surface area is 123 Å². The highest BCUT2D eigenvalue weighted by Gasteiger charge is 2.22. The number of nitro groups is 1. The Balaban J connectivity index is 2.16. The van der Waals surface area contributed by atoms with Crippen LogP contribution in [0.4, 0.5) is 11.4 Å². The van der Waals surface area contributed by atoms with E-state index in [-0.39, 0.29) is 17.1 Å². The highest BCUT2D eigenvalue weighted by molar-refractivity contribution is 7.12. The van der Waals surface area contributed by atoms with Gasteiger partial charge in [0.1, 0.15) is 4.88 Å². The van der Waals surface area contributed by atoms with E-state index in [0.29, 0.717) is 10.6 Å². The summed E-state index contributed by atoms with van der Waals surface area (Å²) in [5.41, 5.74) is 0.555. The molecule has 8 nitrogen and oxygen atoms in total. The molecule has 21 heavy (non-hydrogen) atoms. The van der Waals surface area contributed by atoms with Gasteiger partial charge in [-0.1, -0.05) is 5.16 Å². The maximum absolute atomic E-state index is 11.5. The van der Waals surface area contributed by atoms with Crippen molar-refractivity contribution in [2.75, 3.05) is 12.4 Å². The van der Waals surface area contributed by atoms with Crippen molar-refractivity contribution in [2.45, 2.75) is 6.92 Å². The number of hydrogen-bond donors (Lipinski definition) is 1. The zero-order valence-corrected chi connectivity index (χ0v) is 12.0. The monoisotopic (exact) mass is 309 g/mol. The molecule has 0 radical (unpaired) electrons. The number of ether oxygens (including phenoxy) is 1. The summed E-state index contributed by atoms with van der Waals surface area (Å²) in [6.45, 7) is 1.49. The van der Waals surface area contributed by atoms with Crippen LogP contribution in [0.1, 0.15) is 21.1 Å². The first kappa shape index (κ1) is 14.7. The number of nitrogens with one attached hydrogen (secondary N) is 1. The molecule has 0 aromatic carbocycles. The number of esters is 1. The normalized spacial score (nSPS) is 10.8. The fraction of sp³-hybridized carbons (Fsp3) is 0.167. The van der Waals surface area contributed by atoms with Crippen LogP contribution in [0.25, 0.3) is 6.08 Å². The van der Waals surface area contributed by atoms with Crippen LogP contribution in [0.5, 0.6) is 0 Å². The van der Waals surface area contributed by atoms with Crippen molar-refractivity contribution < 1.29 is 19.0 Å². The largest absolute Gasteiger partial charge is 0.465 e. The SMILES string of the molecule is COC(=O)c1sccc1N/C=C/c1onc(C)c1[N+](=O)[O-]. The second-order valence-corrected chi connectivity index (χ2v) is 4.79. The van der Waals surface area contributed by atoms with Gasteiger partial charge in [-0.2, -0.15) is 0 Å². The minimum atomic E-state index is -0.560.